The first-order valence-electron chi connectivity index (χ1n) is 10.1. The number of ether oxygens (including phenoxy) is 1. The van der Waals surface area contributed by atoms with Crippen LogP contribution in [0.5, 0.6) is 5.75 Å². The Morgan fingerprint density at radius 3 is 2.52 bits per heavy atom. The normalized spacial score (nSPS) is 20.3. The van der Waals surface area contributed by atoms with Gasteiger partial charge < -0.3 is 15.4 Å². The summed E-state index contributed by atoms with van der Waals surface area (Å²) < 4.78 is 67.9. The third-order valence-electron chi connectivity index (χ3n) is 5.50. The smallest absolute Gasteiger partial charge is 0.387 e. The maximum atomic E-state index is 13.9. The highest BCUT2D eigenvalue weighted by atomic mass is 19.3. The van der Waals surface area contributed by atoms with E-state index in [1.807, 2.05) is 0 Å². The number of pyridine rings is 1. The van der Waals surface area contributed by atoms with Crippen LogP contribution in [0.3, 0.4) is 0 Å². The number of hydrogen-bond acceptors (Lipinski definition) is 4. The molecule has 1 atom stereocenters. The summed E-state index contributed by atoms with van der Waals surface area (Å²) in [6.07, 6.45) is 1.96. The van der Waals surface area contributed by atoms with E-state index in [1.165, 1.54) is 19.2 Å². The Morgan fingerprint density at radius 2 is 1.87 bits per heavy atom. The molecule has 0 saturated heterocycles. The van der Waals surface area contributed by atoms with E-state index < -0.39 is 30.6 Å². The second-order valence-electron chi connectivity index (χ2n) is 7.80. The third kappa shape index (κ3) is 6.25. The number of rotatable bonds is 8. The summed E-state index contributed by atoms with van der Waals surface area (Å²) in [7, 11) is 0. The number of nitrogens with zero attached hydrogens (tertiary/aromatic N) is 1. The van der Waals surface area contributed by atoms with E-state index in [1.54, 1.807) is 0 Å². The minimum absolute atomic E-state index is 0.0504. The minimum Gasteiger partial charge on any atom is -0.432 e. The molecule has 1 heterocycles. The van der Waals surface area contributed by atoms with Gasteiger partial charge in [0.15, 0.2) is 11.6 Å². The van der Waals surface area contributed by atoms with E-state index in [2.05, 4.69) is 20.4 Å². The fourth-order valence-corrected chi connectivity index (χ4v) is 3.66. The van der Waals surface area contributed by atoms with Gasteiger partial charge in [-0.05, 0) is 57.2 Å². The van der Waals surface area contributed by atoms with E-state index >= 15 is 0 Å². The minimum atomic E-state index is -3.16. The number of hydrogen-bond donors (Lipinski definition) is 2. The Hall–Kier alpha value is -2.49. The predicted molar refractivity (Wildman–Crippen MR) is 105 cm³/mol. The average Bonchev–Trinajstić information content (AvgIpc) is 2.72. The van der Waals surface area contributed by atoms with Gasteiger partial charge in [-0.3, -0.25) is 9.78 Å². The van der Waals surface area contributed by atoms with Crippen LogP contribution in [0.25, 0.3) is 10.9 Å². The van der Waals surface area contributed by atoms with Crippen molar-refractivity contribution < 1.29 is 31.5 Å². The average molecular weight is 445 g/mol. The maximum absolute atomic E-state index is 13.9. The molecule has 1 aromatic heterocycles. The number of fused-ring (bicyclic) bond motifs is 1. The van der Waals surface area contributed by atoms with Gasteiger partial charge in [-0.1, -0.05) is 0 Å². The molecule has 1 aliphatic rings. The van der Waals surface area contributed by atoms with Gasteiger partial charge in [0.05, 0.1) is 17.1 Å². The van der Waals surface area contributed by atoms with Crippen molar-refractivity contribution in [2.75, 3.05) is 6.54 Å². The van der Waals surface area contributed by atoms with Crippen molar-refractivity contribution in [2.45, 2.75) is 57.7 Å². The van der Waals surface area contributed by atoms with Crippen molar-refractivity contribution in [3.63, 3.8) is 0 Å². The number of carbonyl (C=O) groups is 1. The highest BCUT2D eigenvalue weighted by Crippen LogP contribution is 2.27. The number of benzene rings is 1. The standard InChI is InChI=1S/C21H24F5N3O2/c1-11(19(23)24)27-9-12-2-4-15(5-3-12)29-20(30)14-6-13-7-16(22)18(31-21(25)26)8-17(13)28-10-14/h6-8,10-12,15,19,21,27H,2-5,9H2,1H3,(H,29,30)/t11-,12?,15?/m0/s1. The van der Waals surface area contributed by atoms with E-state index in [9.17, 15) is 26.7 Å². The van der Waals surface area contributed by atoms with E-state index in [4.69, 9.17) is 0 Å². The fourth-order valence-electron chi connectivity index (χ4n) is 3.66. The van der Waals surface area contributed by atoms with Gasteiger partial charge in [0.25, 0.3) is 12.3 Å². The topological polar surface area (TPSA) is 63.2 Å². The summed E-state index contributed by atoms with van der Waals surface area (Å²) in [6.45, 7) is -1.19. The van der Waals surface area contributed by atoms with Gasteiger partial charge in [0.1, 0.15) is 0 Å². The predicted octanol–water partition coefficient (Wildman–Crippen LogP) is 4.51. The van der Waals surface area contributed by atoms with Crippen LogP contribution < -0.4 is 15.4 Å². The van der Waals surface area contributed by atoms with Crippen molar-refractivity contribution in [1.29, 1.82) is 0 Å². The van der Waals surface area contributed by atoms with E-state index in [0.717, 1.165) is 37.8 Å². The van der Waals surface area contributed by atoms with Crippen LogP contribution in [0.1, 0.15) is 43.0 Å². The first-order chi connectivity index (χ1) is 14.7. The Balaban J connectivity index is 1.56. The molecule has 5 nitrogen and oxygen atoms in total. The molecule has 1 saturated carbocycles. The molecule has 0 aliphatic heterocycles. The molecule has 10 heteroatoms. The Morgan fingerprint density at radius 1 is 1.16 bits per heavy atom. The van der Waals surface area contributed by atoms with Gasteiger partial charge in [-0.2, -0.15) is 8.78 Å². The zero-order valence-electron chi connectivity index (χ0n) is 16.9. The van der Waals surface area contributed by atoms with Gasteiger partial charge in [0, 0.05) is 23.7 Å². The molecule has 0 radical (unpaired) electrons. The lowest BCUT2D eigenvalue weighted by molar-refractivity contribution is -0.0520. The maximum Gasteiger partial charge on any atom is 0.387 e. The molecule has 1 aromatic carbocycles. The van der Waals surface area contributed by atoms with Crippen molar-refractivity contribution in [1.82, 2.24) is 15.6 Å². The van der Waals surface area contributed by atoms with Crippen LogP contribution in [0.4, 0.5) is 22.0 Å². The van der Waals surface area contributed by atoms with Crippen molar-refractivity contribution in [3.8, 4) is 5.75 Å². The molecule has 1 amide bonds. The molecule has 1 aliphatic carbocycles. The van der Waals surface area contributed by atoms with Crippen LogP contribution >= 0.6 is 0 Å². The third-order valence-corrected chi connectivity index (χ3v) is 5.50. The van der Waals surface area contributed by atoms with Gasteiger partial charge >= 0.3 is 6.61 Å². The summed E-state index contributed by atoms with van der Waals surface area (Å²) in [4.78, 5) is 16.6. The summed E-state index contributed by atoms with van der Waals surface area (Å²) >= 11 is 0. The Kier molecular flexibility index (Phi) is 7.64. The molecule has 0 bridgehead atoms. The van der Waals surface area contributed by atoms with Gasteiger partial charge in [0.2, 0.25) is 0 Å². The molecule has 31 heavy (non-hydrogen) atoms. The zero-order chi connectivity index (χ0) is 22.5. The molecular weight excluding hydrogens is 421 g/mol. The number of halogens is 5. The largest absolute Gasteiger partial charge is 0.432 e. The molecule has 3 rings (SSSR count). The molecule has 0 unspecified atom stereocenters. The molecule has 1 fully saturated rings. The SMILES string of the molecule is C[C@H](NCC1CCC(NC(=O)c2cnc3cc(OC(F)F)c(F)cc3c2)CC1)C(F)F. The van der Waals surface area contributed by atoms with Crippen LogP contribution in [0.15, 0.2) is 24.4 Å². The second kappa shape index (κ2) is 10.2. The fraction of sp³-hybridized carbons (Fsp3) is 0.524. The molecule has 170 valence electrons. The number of carbonyl (C=O) groups excluding carboxylic acids is 1. The highest BCUT2D eigenvalue weighted by molar-refractivity contribution is 5.97. The van der Waals surface area contributed by atoms with Gasteiger partial charge in [-0.25, -0.2) is 13.2 Å². The zero-order valence-corrected chi connectivity index (χ0v) is 16.9. The molecular formula is C21H24F5N3O2. The summed E-state index contributed by atoms with van der Waals surface area (Å²) in [5.41, 5.74) is 0.448. The van der Waals surface area contributed by atoms with E-state index in [0.29, 0.717) is 6.54 Å². The lowest BCUT2D eigenvalue weighted by Crippen LogP contribution is -2.41. The molecule has 2 N–H and O–H groups in total. The number of amides is 1. The Labute approximate surface area is 176 Å². The van der Waals surface area contributed by atoms with Crippen molar-refractivity contribution in [2.24, 2.45) is 5.92 Å². The lowest BCUT2D eigenvalue weighted by Gasteiger charge is -2.30. The van der Waals surface area contributed by atoms with E-state index in [-0.39, 0.29) is 34.3 Å². The second-order valence-corrected chi connectivity index (χ2v) is 7.80. The van der Waals surface area contributed by atoms with Crippen LogP contribution in [0, 0.1) is 11.7 Å². The highest BCUT2D eigenvalue weighted by Gasteiger charge is 2.24. The van der Waals surface area contributed by atoms with Crippen molar-refractivity contribution in [3.05, 3.63) is 35.8 Å². The van der Waals surface area contributed by atoms with Crippen LogP contribution in [-0.2, 0) is 0 Å². The van der Waals surface area contributed by atoms with Gasteiger partial charge in [-0.15, -0.1) is 0 Å². The summed E-state index contributed by atoms with van der Waals surface area (Å²) in [5.74, 6) is -1.67. The Bertz CT molecular complexity index is 904. The number of nitrogens with one attached hydrogen (secondary N) is 2. The number of aromatic nitrogens is 1. The van der Waals surface area contributed by atoms with Crippen LogP contribution in [0.2, 0.25) is 0 Å². The first-order valence-corrected chi connectivity index (χ1v) is 10.1. The molecule has 0 spiro atoms. The van der Waals surface area contributed by atoms with Crippen LogP contribution in [-0.4, -0.2) is 42.6 Å². The first kappa shape index (κ1) is 23.2. The number of alkyl halides is 4. The summed E-state index contributed by atoms with van der Waals surface area (Å²) in [5, 5.41) is 6.05. The lowest BCUT2D eigenvalue weighted by atomic mass is 9.85. The van der Waals surface area contributed by atoms with Crippen molar-refractivity contribution >= 4 is 16.8 Å². The molecule has 2 aromatic rings. The monoisotopic (exact) mass is 445 g/mol. The quantitative estimate of drug-likeness (QED) is 0.587. The summed E-state index contributed by atoms with van der Waals surface area (Å²) in [6, 6.07) is 2.60.